The minimum atomic E-state index is -0.474. The Morgan fingerprint density at radius 1 is 1.56 bits per heavy atom. The number of carbonyl (C=O) groups is 1. The molecule has 0 aromatic heterocycles. The molecule has 1 aliphatic rings. The predicted molar refractivity (Wildman–Crippen MR) is 66.5 cm³/mol. The average Bonchev–Trinajstić information content (AvgIpc) is 2.35. The number of hydrogen-bond donors (Lipinski definition) is 2. The number of aliphatic hydroxyl groups excluding tert-OH is 1. The van der Waals surface area contributed by atoms with Crippen molar-refractivity contribution in [2.24, 2.45) is 5.92 Å². The number of anilines is 1. The highest BCUT2D eigenvalue weighted by molar-refractivity contribution is 5.99. The molecule has 1 heterocycles. The van der Waals surface area contributed by atoms with E-state index in [1.54, 1.807) is 4.90 Å². The van der Waals surface area contributed by atoms with E-state index in [0.717, 1.165) is 6.07 Å². The normalized spacial score (nSPS) is 24.1. The summed E-state index contributed by atoms with van der Waals surface area (Å²) in [6, 6.07) is 3.78. The van der Waals surface area contributed by atoms with Crippen molar-refractivity contribution >= 4 is 11.6 Å². The van der Waals surface area contributed by atoms with Gasteiger partial charge < -0.3 is 15.7 Å². The lowest BCUT2D eigenvalue weighted by Gasteiger charge is -2.34. The smallest absolute Gasteiger partial charge is 0.256 e. The van der Waals surface area contributed by atoms with Crippen LogP contribution in [0.5, 0.6) is 0 Å². The van der Waals surface area contributed by atoms with Crippen LogP contribution in [-0.4, -0.2) is 35.1 Å². The first-order valence-electron chi connectivity index (χ1n) is 6.01. The topological polar surface area (TPSA) is 66.6 Å². The third kappa shape index (κ3) is 2.46. The van der Waals surface area contributed by atoms with Crippen LogP contribution in [0.15, 0.2) is 18.2 Å². The molecule has 98 valence electrons. The molecule has 2 atom stereocenters. The van der Waals surface area contributed by atoms with Crippen molar-refractivity contribution in [2.75, 3.05) is 18.8 Å². The molecule has 1 aromatic carbocycles. The molecule has 0 radical (unpaired) electrons. The standard InChI is InChI=1S/C13H17FN2O2/c1-8-7-16(5-4-12(8)17)13(18)10-6-9(14)2-3-11(10)15/h2-3,6,8,12,17H,4-5,7,15H2,1H3. The van der Waals surface area contributed by atoms with Gasteiger partial charge in [-0.1, -0.05) is 6.92 Å². The SMILES string of the molecule is CC1CN(C(=O)c2cc(F)ccc2N)CCC1O. The highest BCUT2D eigenvalue weighted by Gasteiger charge is 2.28. The van der Waals surface area contributed by atoms with Crippen molar-refractivity contribution in [1.29, 1.82) is 0 Å². The fourth-order valence-corrected chi connectivity index (χ4v) is 2.20. The Kier molecular flexibility index (Phi) is 3.52. The number of benzene rings is 1. The maximum absolute atomic E-state index is 13.1. The molecular formula is C13H17FN2O2. The molecule has 5 heteroatoms. The molecule has 1 aromatic rings. The third-order valence-electron chi connectivity index (χ3n) is 3.39. The van der Waals surface area contributed by atoms with E-state index in [9.17, 15) is 14.3 Å². The van der Waals surface area contributed by atoms with Crippen LogP contribution in [0.1, 0.15) is 23.7 Å². The molecule has 0 bridgehead atoms. The van der Waals surface area contributed by atoms with Gasteiger partial charge in [0.2, 0.25) is 0 Å². The first-order valence-corrected chi connectivity index (χ1v) is 6.01. The summed E-state index contributed by atoms with van der Waals surface area (Å²) in [5.41, 5.74) is 6.17. The van der Waals surface area contributed by atoms with Crippen LogP contribution in [-0.2, 0) is 0 Å². The summed E-state index contributed by atoms with van der Waals surface area (Å²) >= 11 is 0. The number of nitrogens with zero attached hydrogens (tertiary/aromatic N) is 1. The lowest BCUT2D eigenvalue weighted by Crippen LogP contribution is -2.45. The van der Waals surface area contributed by atoms with Gasteiger partial charge in [0.15, 0.2) is 0 Å². The summed E-state index contributed by atoms with van der Waals surface area (Å²) in [7, 11) is 0. The van der Waals surface area contributed by atoms with Crippen LogP contribution in [0.2, 0.25) is 0 Å². The van der Waals surface area contributed by atoms with Crippen LogP contribution < -0.4 is 5.73 Å². The summed E-state index contributed by atoms with van der Waals surface area (Å²) in [6.45, 7) is 2.83. The number of nitrogen functional groups attached to an aromatic ring is 1. The van der Waals surface area contributed by atoms with Crippen molar-refractivity contribution in [3.63, 3.8) is 0 Å². The minimum absolute atomic E-state index is 0.0254. The van der Waals surface area contributed by atoms with E-state index in [2.05, 4.69) is 0 Å². The molecule has 2 unspecified atom stereocenters. The number of aliphatic hydroxyl groups is 1. The second-order valence-corrected chi connectivity index (χ2v) is 4.82. The average molecular weight is 252 g/mol. The Morgan fingerprint density at radius 3 is 2.94 bits per heavy atom. The molecule has 0 aliphatic carbocycles. The van der Waals surface area contributed by atoms with E-state index in [4.69, 9.17) is 5.73 Å². The third-order valence-corrected chi connectivity index (χ3v) is 3.39. The molecular weight excluding hydrogens is 235 g/mol. The van der Waals surface area contributed by atoms with E-state index in [1.807, 2.05) is 6.92 Å². The van der Waals surface area contributed by atoms with Gasteiger partial charge in [-0.05, 0) is 30.5 Å². The van der Waals surface area contributed by atoms with E-state index < -0.39 is 5.82 Å². The summed E-state index contributed by atoms with van der Waals surface area (Å²) in [5, 5.41) is 9.62. The van der Waals surface area contributed by atoms with Crippen LogP contribution in [0.3, 0.4) is 0 Å². The number of carbonyl (C=O) groups excluding carboxylic acids is 1. The Morgan fingerprint density at radius 2 is 2.28 bits per heavy atom. The molecule has 0 saturated carbocycles. The van der Waals surface area contributed by atoms with Crippen molar-refractivity contribution in [2.45, 2.75) is 19.4 Å². The molecule has 0 spiro atoms. The van der Waals surface area contributed by atoms with Crippen molar-refractivity contribution in [3.05, 3.63) is 29.6 Å². The molecule has 1 saturated heterocycles. The molecule has 4 nitrogen and oxygen atoms in total. The lowest BCUT2D eigenvalue weighted by atomic mass is 9.96. The van der Waals surface area contributed by atoms with Gasteiger partial charge in [-0.2, -0.15) is 0 Å². The van der Waals surface area contributed by atoms with E-state index >= 15 is 0 Å². The van der Waals surface area contributed by atoms with E-state index in [1.165, 1.54) is 12.1 Å². The van der Waals surface area contributed by atoms with Gasteiger partial charge in [0.1, 0.15) is 5.82 Å². The first kappa shape index (κ1) is 12.8. The monoisotopic (exact) mass is 252 g/mol. The van der Waals surface area contributed by atoms with E-state index in [-0.39, 0.29) is 29.2 Å². The predicted octanol–water partition coefficient (Wildman–Crippen LogP) is 1.25. The summed E-state index contributed by atoms with van der Waals surface area (Å²) in [5.74, 6) is -0.721. The Balaban J connectivity index is 2.19. The van der Waals surface area contributed by atoms with Crippen molar-refractivity contribution in [1.82, 2.24) is 4.90 Å². The summed E-state index contributed by atoms with van der Waals surface area (Å²) < 4.78 is 13.1. The lowest BCUT2D eigenvalue weighted by molar-refractivity contribution is 0.0298. The number of nitrogens with two attached hydrogens (primary N) is 1. The van der Waals surface area contributed by atoms with Crippen molar-refractivity contribution in [3.8, 4) is 0 Å². The van der Waals surface area contributed by atoms with Crippen LogP contribution >= 0.6 is 0 Å². The quantitative estimate of drug-likeness (QED) is 0.739. The van der Waals surface area contributed by atoms with E-state index in [0.29, 0.717) is 19.5 Å². The van der Waals surface area contributed by atoms with Gasteiger partial charge in [0.25, 0.3) is 5.91 Å². The zero-order valence-electron chi connectivity index (χ0n) is 10.3. The molecule has 1 amide bonds. The fraction of sp³-hybridized carbons (Fsp3) is 0.462. The maximum Gasteiger partial charge on any atom is 0.256 e. The zero-order chi connectivity index (χ0) is 13.3. The first-order chi connectivity index (χ1) is 8.49. The van der Waals surface area contributed by atoms with Gasteiger partial charge in [-0.3, -0.25) is 4.79 Å². The van der Waals surface area contributed by atoms with Crippen molar-refractivity contribution < 1.29 is 14.3 Å². The second-order valence-electron chi connectivity index (χ2n) is 4.82. The number of piperidine rings is 1. The summed E-state index contributed by atoms with van der Waals surface area (Å²) in [6.07, 6.45) is 0.168. The molecule has 1 fully saturated rings. The highest BCUT2D eigenvalue weighted by atomic mass is 19.1. The highest BCUT2D eigenvalue weighted by Crippen LogP contribution is 2.21. The number of rotatable bonds is 1. The molecule has 1 aliphatic heterocycles. The number of likely N-dealkylation sites (tertiary alicyclic amines) is 1. The number of hydrogen-bond acceptors (Lipinski definition) is 3. The fourth-order valence-electron chi connectivity index (χ4n) is 2.20. The van der Waals surface area contributed by atoms with Crippen LogP contribution in [0.25, 0.3) is 0 Å². The zero-order valence-corrected chi connectivity index (χ0v) is 10.3. The second kappa shape index (κ2) is 4.94. The van der Waals surface area contributed by atoms with Gasteiger partial charge in [-0.25, -0.2) is 4.39 Å². The van der Waals surface area contributed by atoms with Gasteiger partial charge in [0.05, 0.1) is 11.7 Å². The number of halogens is 1. The minimum Gasteiger partial charge on any atom is -0.398 e. The van der Waals surface area contributed by atoms with Crippen LogP contribution in [0, 0.1) is 11.7 Å². The van der Waals surface area contributed by atoms with Gasteiger partial charge >= 0.3 is 0 Å². The number of amides is 1. The maximum atomic E-state index is 13.1. The van der Waals surface area contributed by atoms with Gasteiger partial charge in [0, 0.05) is 18.8 Å². The van der Waals surface area contributed by atoms with Crippen LogP contribution in [0.4, 0.5) is 10.1 Å². The summed E-state index contributed by atoms with van der Waals surface area (Å²) in [4.78, 5) is 13.8. The Hall–Kier alpha value is -1.62. The Bertz CT molecular complexity index is 464. The molecule has 3 N–H and O–H groups in total. The molecule has 2 rings (SSSR count). The largest absolute Gasteiger partial charge is 0.398 e. The Labute approximate surface area is 105 Å². The van der Waals surface area contributed by atoms with Gasteiger partial charge in [-0.15, -0.1) is 0 Å². The molecule has 18 heavy (non-hydrogen) atoms.